The number of rotatable bonds is 4. The minimum absolute atomic E-state index is 0.0667. The highest BCUT2D eigenvalue weighted by atomic mass is 32.1. The lowest BCUT2D eigenvalue weighted by Crippen LogP contribution is -2.24. The molecule has 0 unspecified atom stereocenters. The highest BCUT2D eigenvalue weighted by Crippen LogP contribution is 2.07. The number of nitrogen functional groups attached to an aromatic ring is 1. The zero-order chi connectivity index (χ0) is 12.1. The number of amides is 1. The molecule has 0 aliphatic carbocycles. The van der Waals surface area contributed by atoms with E-state index in [0.717, 1.165) is 17.7 Å². The van der Waals surface area contributed by atoms with Gasteiger partial charge in [0.2, 0.25) is 0 Å². The zero-order valence-electron chi connectivity index (χ0n) is 9.22. The number of nitrogens with one attached hydrogen (secondary N) is 1. The monoisotopic (exact) mass is 247 g/mol. The van der Waals surface area contributed by atoms with Gasteiger partial charge in [0.05, 0.1) is 11.7 Å². The first-order chi connectivity index (χ1) is 8.25. The molecule has 5 heteroatoms. The van der Waals surface area contributed by atoms with Crippen LogP contribution < -0.4 is 11.1 Å². The van der Waals surface area contributed by atoms with E-state index in [2.05, 4.69) is 10.3 Å². The molecule has 0 fully saturated rings. The van der Waals surface area contributed by atoms with E-state index in [1.807, 2.05) is 24.3 Å². The summed E-state index contributed by atoms with van der Waals surface area (Å²) in [4.78, 5) is 16.1. The summed E-state index contributed by atoms with van der Waals surface area (Å²) in [6, 6.07) is 7.66. The molecule has 4 nitrogen and oxygen atoms in total. The molecule has 0 spiro atoms. The number of hydrogen-bond donors (Lipinski definition) is 2. The first-order valence-corrected chi connectivity index (χ1v) is 6.15. The maximum absolute atomic E-state index is 11.6. The lowest BCUT2D eigenvalue weighted by molar-refractivity contribution is 0.0958. The van der Waals surface area contributed by atoms with Crippen LogP contribution >= 0.6 is 11.3 Å². The lowest BCUT2D eigenvalue weighted by Gasteiger charge is -2.04. The van der Waals surface area contributed by atoms with Gasteiger partial charge in [-0.05, 0) is 24.1 Å². The summed E-state index contributed by atoms with van der Waals surface area (Å²) in [5.74, 6) is -0.0667. The van der Waals surface area contributed by atoms with Crippen molar-refractivity contribution in [2.24, 2.45) is 0 Å². The van der Waals surface area contributed by atoms with Crippen molar-refractivity contribution >= 4 is 22.9 Å². The lowest BCUT2D eigenvalue weighted by atomic mass is 10.1. The van der Waals surface area contributed by atoms with E-state index in [0.29, 0.717) is 11.4 Å². The average Bonchev–Trinajstić information content (AvgIpc) is 2.85. The van der Waals surface area contributed by atoms with Crippen LogP contribution in [0.2, 0.25) is 0 Å². The third-order valence-electron chi connectivity index (χ3n) is 2.34. The van der Waals surface area contributed by atoms with Crippen LogP contribution in [0.3, 0.4) is 0 Å². The van der Waals surface area contributed by atoms with E-state index in [1.54, 1.807) is 11.7 Å². The Bertz CT molecular complexity index is 479. The summed E-state index contributed by atoms with van der Waals surface area (Å²) < 4.78 is 0. The molecule has 2 aromatic rings. The molecule has 88 valence electrons. The molecule has 0 aliphatic rings. The largest absolute Gasteiger partial charge is 0.399 e. The van der Waals surface area contributed by atoms with E-state index in [1.165, 1.54) is 11.3 Å². The predicted molar refractivity (Wildman–Crippen MR) is 69.0 cm³/mol. The van der Waals surface area contributed by atoms with Crippen LogP contribution in [0.15, 0.2) is 36.0 Å². The first kappa shape index (κ1) is 11.6. The molecule has 1 heterocycles. The first-order valence-electron chi connectivity index (χ1n) is 5.27. The summed E-state index contributed by atoms with van der Waals surface area (Å²) in [6.45, 7) is 0.612. The van der Waals surface area contributed by atoms with Gasteiger partial charge in [-0.3, -0.25) is 9.78 Å². The molecule has 17 heavy (non-hydrogen) atoms. The fraction of sp³-hybridized carbons (Fsp3) is 0.167. The van der Waals surface area contributed by atoms with Crippen LogP contribution in [0.1, 0.15) is 15.2 Å². The zero-order valence-corrected chi connectivity index (χ0v) is 10.0. The van der Waals surface area contributed by atoms with Gasteiger partial charge in [0, 0.05) is 12.2 Å². The molecule has 1 aromatic carbocycles. The summed E-state index contributed by atoms with van der Waals surface area (Å²) in [5.41, 5.74) is 9.15. The molecule has 0 saturated heterocycles. The van der Waals surface area contributed by atoms with E-state index in [4.69, 9.17) is 5.73 Å². The standard InChI is InChI=1S/C12H13N3OS/c13-10-3-1-9(2-4-10)5-6-15-12(16)11-7-14-8-17-11/h1-4,7-8H,5-6,13H2,(H,15,16). The van der Waals surface area contributed by atoms with Crippen molar-refractivity contribution in [3.05, 3.63) is 46.4 Å². The quantitative estimate of drug-likeness (QED) is 0.808. The molecule has 2 rings (SSSR count). The number of carbonyl (C=O) groups excluding carboxylic acids is 1. The number of nitrogens with two attached hydrogens (primary N) is 1. The Balaban J connectivity index is 1.80. The average molecular weight is 247 g/mol. The van der Waals surface area contributed by atoms with Crippen molar-refractivity contribution in [1.29, 1.82) is 0 Å². The Hall–Kier alpha value is -1.88. The summed E-state index contributed by atoms with van der Waals surface area (Å²) in [5, 5.41) is 2.85. The van der Waals surface area contributed by atoms with Gasteiger partial charge in [-0.25, -0.2) is 0 Å². The van der Waals surface area contributed by atoms with Crippen molar-refractivity contribution in [3.63, 3.8) is 0 Å². The third kappa shape index (κ3) is 3.29. The molecule has 0 aliphatic heterocycles. The smallest absolute Gasteiger partial charge is 0.263 e. The molecule has 3 N–H and O–H groups in total. The Labute approximate surface area is 103 Å². The molecular weight excluding hydrogens is 234 g/mol. The van der Waals surface area contributed by atoms with Crippen LogP contribution in [0.4, 0.5) is 5.69 Å². The molecule has 0 bridgehead atoms. The van der Waals surface area contributed by atoms with Gasteiger partial charge in [-0.1, -0.05) is 12.1 Å². The van der Waals surface area contributed by atoms with Gasteiger partial charge in [0.15, 0.2) is 0 Å². The highest BCUT2D eigenvalue weighted by Gasteiger charge is 2.05. The maximum atomic E-state index is 11.6. The Morgan fingerprint density at radius 1 is 1.35 bits per heavy atom. The number of anilines is 1. The van der Waals surface area contributed by atoms with Gasteiger partial charge in [0.25, 0.3) is 5.91 Å². The van der Waals surface area contributed by atoms with E-state index < -0.39 is 0 Å². The molecule has 0 saturated carbocycles. The van der Waals surface area contributed by atoms with Gasteiger partial charge in [0.1, 0.15) is 4.88 Å². The summed E-state index contributed by atoms with van der Waals surface area (Å²) in [7, 11) is 0. The second kappa shape index (κ2) is 5.45. The van der Waals surface area contributed by atoms with Gasteiger partial charge in [-0.15, -0.1) is 11.3 Å². The SMILES string of the molecule is Nc1ccc(CCNC(=O)c2cncs2)cc1. The van der Waals surface area contributed by atoms with Gasteiger partial charge in [-0.2, -0.15) is 0 Å². The second-order valence-electron chi connectivity index (χ2n) is 3.61. The number of thiazole rings is 1. The molecule has 1 amide bonds. The minimum Gasteiger partial charge on any atom is -0.399 e. The summed E-state index contributed by atoms with van der Waals surface area (Å²) >= 11 is 1.34. The number of carbonyl (C=O) groups is 1. The molecule has 0 atom stereocenters. The van der Waals surface area contributed by atoms with Crippen LogP contribution in [-0.2, 0) is 6.42 Å². The number of nitrogens with zero attached hydrogens (tertiary/aromatic N) is 1. The van der Waals surface area contributed by atoms with E-state index >= 15 is 0 Å². The van der Waals surface area contributed by atoms with E-state index in [9.17, 15) is 4.79 Å². The highest BCUT2D eigenvalue weighted by molar-refractivity contribution is 7.11. The van der Waals surface area contributed by atoms with Crippen molar-refractivity contribution < 1.29 is 4.79 Å². The van der Waals surface area contributed by atoms with Crippen molar-refractivity contribution in [2.75, 3.05) is 12.3 Å². The van der Waals surface area contributed by atoms with Crippen molar-refractivity contribution in [1.82, 2.24) is 10.3 Å². The minimum atomic E-state index is -0.0667. The summed E-state index contributed by atoms with van der Waals surface area (Å²) in [6.07, 6.45) is 2.37. The normalized spacial score (nSPS) is 10.1. The van der Waals surface area contributed by atoms with E-state index in [-0.39, 0.29) is 5.91 Å². The molecule has 0 radical (unpaired) electrons. The fourth-order valence-electron chi connectivity index (χ4n) is 1.42. The van der Waals surface area contributed by atoms with Crippen LogP contribution in [0.5, 0.6) is 0 Å². The Kier molecular flexibility index (Phi) is 3.72. The third-order valence-corrected chi connectivity index (χ3v) is 3.11. The topological polar surface area (TPSA) is 68.0 Å². The van der Waals surface area contributed by atoms with Gasteiger partial charge < -0.3 is 11.1 Å². The Morgan fingerprint density at radius 2 is 2.12 bits per heavy atom. The molecular formula is C12H13N3OS. The number of benzene rings is 1. The Morgan fingerprint density at radius 3 is 2.76 bits per heavy atom. The van der Waals surface area contributed by atoms with Crippen LogP contribution in [0.25, 0.3) is 0 Å². The second-order valence-corrected chi connectivity index (χ2v) is 4.50. The van der Waals surface area contributed by atoms with Crippen molar-refractivity contribution in [2.45, 2.75) is 6.42 Å². The van der Waals surface area contributed by atoms with Crippen LogP contribution in [0, 0.1) is 0 Å². The number of aromatic nitrogens is 1. The fourth-order valence-corrected chi connectivity index (χ4v) is 1.96. The number of hydrogen-bond acceptors (Lipinski definition) is 4. The predicted octanol–water partition coefficient (Wildman–Crippen LogP) is 1.70. The van der Waals surface area contributed by atoms with Crippen LogP contribution in [-0.4, -0.2) is 17.4 Å². The van der Waals surface area contributed by atoms with Gasteiger partial charge >= 0.3 is 0 Å². The van der Waals surface area contributed by atoms with Crippen molar-refractivity contribution in [3.8, 4) is 0 Å². The maximum Gasteiger partial charge on any atom is 0.263 e. The molecule has 1 aromatic heterocycles.